The Bertz CT molecular complexity index is 1340. The molecule has 1 aromatic carbocycles. The number of nitrogens with zero attached hydrogens (tertiary/aromatic N) is 5. The van der Waals surface area contributed by atoms with E-state index in [1.807, 2.05) is 23.0 Å². The minimum absolute atomic E-state index is 0.0324. The van der Waals surface area contributed by atoms with Gasteiger partial charge in [0.2, 0.25) is 11.9 Å². The SMILES string of the molecule is CCCn1cc(Nc2ncc(-c3ccc(CC(=O)Nc4cnc(Cl)c(C(F)(F)F)c4)cc3)cn2)cn1. The highest BCUT2D eigenvalue weighted by Crippen LogP contribution is 2.35. The van der Waals surface area contributed by atoms with Crippen molar-refractivity contribution in [1.29, 1.82) is 0 Å². The second-order valence-corrected chi connectivity index (χ2v) is 8.25. The third-order valence-corrected chi connectivity index (χ3v) is 5.38. The van der Waals surface area contributed by atoms with Gasteiger partial charge in [-0.05, 0) is 23.6 Å². The van der Waals surface area contributed by atoms with E-state index in [0.717, 1.165) is 42.0 Å². The summed E-state index contributed by atoms with van der Waals surface area (Å²) in [6.45, 7) is 2.91. The molecule has 0 bridgehead atoms. The summed E-state index contributed by atoms with van der Waals surface area (Å²) in [5.41, 5.74) is 1.90. The van der Waals surface area contributed by atoms with E-state index >= 15 is 0 Å². The molecular formula is C24H21ClF3N7O. The highest BCUT2D eigenvalue weighted by molar-refractivity contribution is 6.30. The lowest BCUT2D eigenvalue weighted by Gasteiger charge is -2.11. The van der Waals surface area contributed by atoms with Crippen LogP contribution in [0.3, 0.4) is 0 Å². The summed E-state index contributed by atoms with van der Waals surface area (Å²) in [6, 6.07) is 7.89. The van der Waals surface area contributed by atoms with Gasteiger partial charge in [-0.15, -0.1) is 0 Å². The van der Waals surface area contributed by atoms with Crippen molar-refractivity contribution in [3.8, 4) is 11.1 Å². The summed E-state index contributed by atoms with van der Waals surface area (Å²) in [6.07, 6.45) is 4.31. The van der Waals surface area contributed by atoms with Gasteiger partial charge >= 0.3 is 6.18 Å². The highest BCUT2D eigenvalue weighted by atomic mass is 35.5. The molecule has 2 N–H and O–H groups in total. The van der Waals surface area contributed by atoms with Gasteiger partial charge in [-0.1, -0.05) is 42.8 Å². The van der Waals surface area contributed by atoms with Crippen LogP contribution in [0.5, 0.6) is 0 Å². The van der Waals surface area contributed by atoms with Crippen LogP contribution in [-0.4, -0.2) is 30.6 Å². The van der Waals surface area contributed by atoms with E-state index in [9.17, 15) is 18.0 Å². The maximum atomic E-state index is 13.0. The summed E-state index contributed by atoms with van der Waals surface area (Å²) in [5.74, 6) is -0.0468. The smallest absolute Gasteiger partial charge is 0.324 e. The molecule has 0 saturated carbocycles. The van der Waals surface area contributed by atoms with Crippen molar-refractivity contribution in [2.75, 3.05) is 10.6 Å². The van der Waals surface area contributed by atoms with Crippen LogP contribution in [0, 0.1) is 0 Å². The number of aryl methyl sites for hydroxylation is 1. The van der Waals surface area contributed by atoms with E-state index in [1.54, 1.807) is 30.7 Å². The fraction of sp³-hybridized carbons (Fsp3) is 0.208. The Hall–Kier alpha value is -3.99. The number of aromatic nitrogens is 5. The molecule has 186 valence electrons. The molecule has 0 aliphatic carbocycles. The minimum Gasteiger partial charge on any atom is -0.324 e. The molecule has 0 atom stereocenters. The van der Waals surface area contributed by atoms with Crippen LogP contribution in [0.15, 0.2) is 61.3 Å². The number of nitrogens with one attached hydrogen (secondary N) is 2. The van der Waals surface area contributed by atoms with Crippen LogP contribution >= 0.6 is 11.6 Å². The number of benzene rings is 1. The van der Waals surface area contributed by atoms with Gasteiger partial charge in [0, 0.05) is 30.7 Å². The maximum absolute atomic E-state index is 13.0. The van der Waals surface area contributed by atoms with Crippen molar-refractivity contribution in [2.45, 2.75) is 32.5 Å². The predicted molar refractivity (Wildman–Crippen MR) is 130 cm³/mol. The van der Waals surface area contributed by atoms with E-state index in [2.05, 4.69) is 37.6 Å². The van der Waals surface area contributed by atoms with Crippen molar-refractivity contribution in [3.05, 3.63) is 77.6 Å². The predicted octanol–water partition coefficient (Wildman–Crippen LogP) is 5.74. The summed E-state index contributed by atoms with van der Waals surface area (Å²) >= 11 is 5.51. The van der Waals surface area contributed by atoms with Gasteiger partial charge < -0.3 is 10.6 Å². The van der Waals surface area contributed by atoms with Crippen molar-refractivity contribution in [2.24, 2.45) is 0 Å². The number of carbonyl (C=O) groups excluding carboxylic acids is 1. The van der Waals surface area contributed by atoms with E-state index in [1.165, 1.54) is 0 Å². The lowest BCUT2D eigenvalue weighted by atomic mass is 10.0. The number of alkyl halides is 3. The molecule has 0 aliphatic heterocycles. The van der Waals surface area contributed by atoms with Crippen molar-refractivity contribution in [1.82, 2.24) is 24.7 Å². The first-order chi connectivity index (χ1) is 17.2. The fourth-order valence-electron chi connectivity index (χ4n) is 3.37. The van der Waals surface area contributed by atoms with Crippen LogP contribution < -0.4 is 10.6 Å². The molecular weight excluding hydrogens is 495 g/mol. The van der Waals surface area contributed by atoms with Crippen molar-refractivity contribution >= 4 is 34.8 Å². The molecule has 3 aromatic heterocycles. The first-order valence-corrected chi connectivity index (χ1v) is 11.3. The standard InChI is InChI=1S/C24H21ClF3N7O/c1-2-7-35-14-19(13-32-35)34-23-30-10-17(11-31-23)16-5-3-15(4-6-16)8-21(36)33-18-9-20(24(26,27)28)22(25)29-12-18/h3-6,9-14H,2,7-8H2,1H3,(H,33,36)(H,30,31,34). The number of halogens is 4. The van der Waals surface area contributed by atoms with E-state index in [0.29, 0.717) is 11.5 Å². The lowest BCUT2D eigenvalue weighted by Crippen LogP contribution is -2.16. The molecule has 4 aromatic rings. The highest BCUT2D eigenvalue weighted by Gasteiger charge is 2.34. The van der Waals surface area contributed by atoms with Crippen LogP contribution in [0.1, 0.15) is 24.5 Å². The third-order valence-electron chi connectivity index (χ3n) is 5.07. The summed E-state index contributed by atoms with van der Waals surface area (Å²) in [7, 11) is 0. The molecule has 0 saturated heterocycles. The topological polar surface area (TPSA) is 97.6 Å². The van der Waals surface area contributed by atoms with Crippen molar-refractivity contribution < 1.29 is 18.0 Å². The molecule has 3 heterocycles. The molecule has 0 unspecified atom stereocenters. The second kappa shape index (κ2) is 10.7. The molecule has 4 rings (SSSR count). The van der Waals surface area contributed by atoms with Gasteiger partial charge in [-0.25, -0.2) is 15.0 Å². The lowest BCUT2D eigenvalue weighted by molar-refractivity contribution is -0.137. The van der Waals surface area contributed by atoms with Gasteiger partial charge in [-0.2, -0.15) is 18.3 Å². The van der Waals surface area contributed by atoms with Gasteiger partial charge in [-0.3, -0.25) is 9.48 Å². The van der Waals surface area contributed by atoms with Crippen LogP contribution in [0.2, 0.25) is 5.15 Å². The Morgan fingerprint density at radius 1 is 1.00 bits per heavy atom. The molecule has 0 spiro atoms. The number of carbonyl (C=O) groups is 1. The molecule has 0 aliphatic rings. The fourth-order valence-corrected chi connectivity index (χ4v) is 3.58. The van der Waals surface area contributed by atoms with Gasteiger partial charge in [0.15, 0.2) is 0 Å². The zero-order chi connectivity index (χ0) is 25.7. The van der Waals surface area contributed by atoms with Crippen LogP contribution in [0.25, 0.3) is 11.1 Å². The monoisotopic (exact) mass is 515 g/mol. The molecule has 8 nitrogen and oxygen atoms in total. The average Bonchev–Trinajstić information content (AvgIpc) is 3.28. The largest absolute Gasteiger partial charge is 0.419 e. The van der Waals surface area contributed by atoms with E-state index in [4.69, 9.17) is 11.6 Å². The summed E-state index contributed by atoms with van der Waals surface area (Å²) in [4.78, 5) is 24.5. The average molecular weight is 516 g/mol. The molecule has 0 radical (unpaired) electrons. The zero-order valence-corrected chi connectivity index (χ0v) is 19.8. The van der Waals surface area contributed by atoms with Gasteiger partial charge in [0.05, 0.1) is 35.8 Å². The summed E-state index contributed by atoms with van der Waals surface area (Å²) in [5, 5.41) is 9.10. The van der Waals surface area contributed by atoms with Crippen LogP contribution in [0.4, 0.5) is 30.5 Å². The Balaban J connectivity index is 1.36. The van der Waals surface area contributed by atoms with E-state index < -0.39 is 22.8 Å². The number of amides is 1. The Labute approximate surface area is 209 Å². The van der Waals surface area contributed by atoms with Gasteiger partial charge in [0.25, 0.3) is 0 Å². The molecule has 0 fully saturated rings. The van der Waals surface area contributed by atoms with E-state index in [-0.39, 0.29) is 12.1 Å². The second-order valence-electron chi connectivity index (χ2n) is 7.89. The molecule has 1 amide bonds. The number of hydrogen-bond donors (Lipinski definition) is 2. The van der Waals surface area contributed by atoms with Crippen LogP contribution in [-0.2, 0) is 23.9 Å². The third kappa shape index (κ3) is 6.36. The Morgan fingerprint density at radius 2 is 1.72 bits per heavy atom. The minimum atomic E-state index is -4.67. The summed E-state index contributed by atoms with van der Waals surface area (Å²) < 4.78 is 40.8. The maximum Gasteiger partial charge on any atom is 0.419 e. The Kier molecular flexibility index (Phi) is 7.49. The number of hydrogen-bond acceptors (Lipinski definition) is 6. The van der Waals surface area contributed by atoms with Gasteiger partial charge in [0.1, 0.15) is 5.15 Å². The Morgan fingerprint density at radius 3 is 2.39 bits per heavy atom. The molecule has 12 heteroatoms. The number of pyridine rings is 1. The first kappa shape index (κ1) is 25.1. The normalized spacial score (nSPS) is 11.4. The number of rotatable bonds is 8. The number of anilines is 3. The first-order valence-electron chi connectivity index (χ1n) is 10.9. The molecule has 36 heavy (non-hydrogen) atoms. The van der Waals surface area contributed by atoms with Crippen molar-refractivity contribution in [3.63, 3.8) is 0 Å². The quantitative estimate of drug-likeness (QED) is 0.290. The zero-order valence-electron chi connectivity index (χ0n) is 19.1.